The van der Waals surface area contributed by atoms with Gasteiger partial charge >= 0.3 is 0 Å². The van der Waals surface area contributed by atoms with Crippen molar-refractivity contribution in [2.75, 3.05) is 0 Å². The number of fused-ring (bicyclic) bond motifs is 5. The molecule has 4 rings (SSSR count). The molecule has 3 fully saturated rings. The van der Waals surface area contributed by atoms with Crippen LogP contribution in [0.25, 0.3) is 0 Å². The van der Waals surface area contributed by atoms with E-state index in [9.17, 15) is 9.90 Å². The Kier molecular flexibility index (Phi) is 5.82. The molecule has 0 amide bonds. The zero-order chi connectivity index (χ0) is 21.0. The van der Waals surface area contributed by atoms with Crippen LogP contribution in [0.3, 0.4) is 0 Å². The maximum Gasteiger partial charge on any atom is 0.139 e. The molecular formula is C27H44O2. The third-order valence-corrected chi connectivity index (χ3v) is 10.2. The summed E-state index contributed by atoms with van der Waals surface area (Å²) in [6.45, 7) is 12.1. The minimum absolute atomic E-state index is 0.154. The van der Waals surface area contributed by atoms with Gasteiger partial charge in [-0.2, -0.15) is 0 Å². The number of allylic oxidation sites excluding steroid dienone is 1. The molecule has 0 aromatic carbocycles. The van der Waals surface area contributed by atoms with Gasteiger partial charge in [-0.05, 0) is 73.0 Å². The van der Waals surface area contributed by atoms with E-state index in [1.54, 1.807) is 0 Å². The molecule has 0 aromatic rings. The van der Waals surface area contributed by atoms with E-state index < -0.39 is 6.10 Å². The lowest BCUT2D eigenvalue weighted by Gasteiger charge is -2.59. The molecular weight excluding hydrogens is 356 g/mol. The fraction of sp³-hybridized carbons (Fsp3) is 0.889. The van der Waals surface area contributed by atoms with E-state index in [2.05, 4.69) is 40.7 Å². The monoisotopic (exact) mass is 400 g/mol. The SMILES string of the molecule is CC(C)CCC[C@@H](C)[C@H]1CC[C@H]2[C@@H]3CC=C4CC(=O)CC(O)[C@]4(C)[C@H]3CC[C@]12C. The lowest BCUT2D eigenvalue weighted by atomic mass is 9.46. The molecule has 0 saturated heterocycles. The standard InChI is InChI=1S/C27H44O2/c1-17(2)7-6-8-18(3)22-11-12-23-21-10-9-19-15-20(28)16-25(29)27(19,5)24(21)13-14-26(22,23)4/h9,17-18,21-25,29H,6-8,10-16H2,1-5H3/t18-,21+,22-,23+,24+,25?,26-,27+/m1/s1. The highest BCUT2D eigenvalue weighted by molar-refractivity contribution is 5.83. The molecule has 164 valence electrons. The van der Waals surface area contributed by atoms with Crippen molar-refractivity contribution in [2.45, 2.75) is 105 Å². The average Bonchev–Trinajstić information content (AvgIpc) is 3.00. The molecule has 0 aliphatic heterocycles. The maximum absolute atomic E-state index is 12.1. The van der Waals surface area contributed by atoms with Gasteiger partial charge in [0.05, 0.1) is 6.10 Å². The highest BCUT2D eigenvalue weighted by atomic mass is 16.3. The Hall–Kier alpha value is -0.630. The number of carbonyl (C=O) groups is 1. The van der Waals surface area contributed by atoms with E-state index in [1.165, 1.54) is 50.5 Å². The molecule has 4 aliphatic rings. The first-order chi connectivity index (χ1) is 13.7. The topological polar surface area (TPSA) is 37.3 Å². The van der Waals surface area contributed by atoms with Crippen LogP contribution in [0.15, 0.2) is 11.6 Å². The summed E-state index contributed by atoms with van der Waals surface area (Å²) < 4.78 is 0. The highest BCUT2D eigenvalue weighted by Crippen LogP contribution is 2.67. The zero-order valence-corrected chi connectivity index (χ0v) is 19.5. The summed E-state index contributed by atoms with van der Waals surface area (Å²) in [4.78, 5) is 12.1. The number of ketones is 1. The summed E-state index contributed by atoms with van der Waals surface area (Å²) in [7, 11) is 0. The molecule has 1 unspecified atom stereocenters. The molecule has 4 aliphatic carbocycles. The van der Waals surface area contributed by atoms with Crippen molar-refractivity contribution in [1.82, 2.24) is 0 Å². The molecule has 0 aromatic heterocycles. The van der Waals surface area contributed by atoms with E-state index in [0.29, 0.717) is 30.1 Å². The minimum atomic E-state index is -0.473. The van der Waals surface area contributed by atoms with Gasteiger partial charge in [0.25, 0.3) is 0 Å². The van der Waals surface area contributed by atoms with Crippen molar-refractivity contribution in [2.24, 2.45) is 46.3 Å². The number of Topliss-reactive ketones (excluding diaryl/α,β-unsaturated/α-hetero) is 1. The van der Waals surface area contributed by atoms with Crippen LogP contribution in [0.4, 0.5) is 0 Å². The minimum Gasteiger partial charge on any atom is -0.392 e. The predicted molar refractivity (Wildman–Crippen MR) is 119 cm³/mol. The quantitative estimate of drug-likeness (QED) is 0.530. The Morgan fingerprint density at radius 1 is 1.10 bits per heavy atom. The normalized spacial score (nSPS) is 45.4. The van der Waals surface area contributed by atoms with Gasteiger partial charge < -0.3 is 5.11 Å². The molecule has 8 atom stereocenters. The maximum atomic E-state index is 12.1. The third kappa shape index (κ3) is 3.46. The van der Waals surface area contributed by atoms with Gasteiger partial charge in [-0.1, -0.05) is 65.5 Å². The van der Waals surface area contributed by atoms with Gasteiger partial charge in [0.2, 0.25) is 0 Å². The summed E-state index contributed by atoms with van der Waals surface area (Å²) >= 11 is 0. The van der Waals surface area contributed by atoms with Crippen LogP contribution < -0.4 is 0 Å². The van der Waals surface area contributed by atoms with E-state index in [0.717, 1.165) is 30.1 Å². The number of hydrogen-bond acceptors (Lipinski definition) is 2. The Labute approximate surface area is 178 Å². The van der Waals surface area contributed by atoms with Crippen molar-refractivity contribution < 1.29 is 9.90 Å². The predicted octanol–water partition coefficient (Wildman–Crippen LogP) is 6.57. The lowest BCUT2D eigenvalue weighted by Crippen LogP contribution is -2.55. The summed E-state index contributed by atoms with van der Waals surface area (Å²) in [5, 5.41) is 11.0. The number of aliphatic hydroxyl groups is 1. The Morgan fingerprint density at radius 2 is 1.86 bits per heavy atom. The van der Waals surface area contributed by atoms with Crippen LogP contribution in [-0.2, 0) is 4.79 Å². The van der Waals surface area contributed by atoms with Crippen molar-refractivity contribution in [3.05, 3.63) is 11.6 Å². The second-order valence-corrected chi connectivity index (χ2v) is 12.1. The first-order valence-electron chi connectivity index (χ1n) is 12.6. The van der Waals surface area contributed by atoms with E-state index >= 15 is 0 Å². The number of aliphatic hydroxyl groups excluding tert-OH is 1. The molecule has 0 radical (unpaired) electrons. The van der Waals surface area contributed by atoms with E-state index in [-0.39, 0.29) is 11.2 Å². The van der Waals surface area contributed by atoms with Gasteiger partial charge in [0.15, 0.2) is 0 Å². The van der Waals surface area contributed by atoms with Crippen molar-refractivity contribution in [1.29, 1.82) is 0 Å². The largest absolute Gasteiger partial charge is 0.392 e. The third-order valence-electron chi connectivity index (χ3n) is 10.2. The summed E-state index contributed by atoms with van der Waals surface area (Å²) in [5.74, 6) is 4.84. The van der Waals surface area contributed by atoms with Gasteiger partial charge in [-0.3, -0.25) is 4.79 Å². The van der Waals surface area contributed by atoms with Crippen LogP contribution in [0.5, 0.6) is 0 Å². The zero-order valence-electron chi connectivity index (χ0n) is 19.5. The second kappa shape index (κ2) is 7.81. The lowest BCUT2D eigenvalue weighted by molar-refractivity contribution is -0.132. The number of carbonyl (C=O) groups excluding carboxylic acids is 1. The second-order valence-electron chi connectivity index (χ2n) is 12.1. The van der Waals surface area contributed by atoms with Crippen LogP contribution in [-0.4, -0.2) is 17.0 Å². The van der Waals surface area contributed by atoms with Crippen LogP contribution >= 0.6 is 0 Å². The molecule has 2 nitrogen and oxygen atoms in total. The highest BCUT2D eigenvalue weighted by Gasteiger charge is 2.60. The van der Waals surface area contributed by atoms with Crippen LogP contribution in [0, 0.1) is 46.3 Å². The molecule has 0 bridgehead atoms. The van der Waals surface area contributed by atoms with Crippen LogP contribution in [0.1, 0.15) is 98.8 Å². The fourth-order valence-electron chi connectivity index (χ4n) is 8.56. The van der Waals surface area contributed by atoms with E-state index in [1.807, 2.05) is 0 Å². The van der Waals surface area contributed by atoms with Gasteiger partial charge in [0, 0.05) is 18.3 Å². The van der Waals surface area contributed by atoms with E-state index in [4.69, 9.17) is 0 Å². The van der Waals surface area contributed by atoms with Gasteiger partial charge in [-0.15, -0.1) is 0 Å². The van der Waals surface area contributed by atoms with Crippen molar-refractivity contribution in [3.8, 4) is 0 Å². The number of hydrogen-bond donors (Lipinski definition) is 1. The molecule has 0 spiro atoms. The smallest absolute Gasteiger partial charge is 0.139 e. The van der Waals surface area contributed by atoms with Gasteiger partial charge in [-0.25, -0.2) is 0 Å². The fourth-order valence-corrected chi connectivity index (χ4v) is 8.56. The van der Waals surface area contributed by atoms with Crippen molar-refractivity contribution >= 4 is 5.78 Å². The first-order valence-corrected chi connectivity index (χ1v) is 12.6. The molecule has 1 N–H and O–H groups in total. The Bertz CT molecular complexity index is 663. The van der Waals surface area contributed by atoms with Gasteiger partial charge in [0.1, 0.15) is 5.78 Å². The molecule has 2 heteroatoms. The summed E-state index contributed by atoms with van der Waals surface area (Å²) in [6.07, 6.45) is 13.5. The Balaban J connectivity index is 1.52. The summed E-state index contributed by atoms with van der Waals surface area (Å²) in [6, 6.07) is 0. The van der Waals surface area contributed by atoms with Crippen molar-refractivity contribution in [3.63, 3.8) is 0 Å². The number of rotatable bonds is 5. The average molecular weight is 401 g/mol. The van der Waals surface area contributed by atoms with Crippen LogP contribution in [0.2, 0.25) is 0 Å². The molecule has 0 heterocycles. The Morgan fingerprint density at radius 3 is 2.59 bits per heavy atom. The molecule has 29 heavy (non-hydrogen) atoms. The first kappa shape index (κ1) is 21.6. The summed E-state index contributed by atoms with van der Waals surface area (Å²) in [5.41, 5.74) is 1.59. The molecule has 3 saturated carbocycles.